The van der Waals surface area contributed by atoms with Gasteiger partial charge in [0.2, 0.25) is 0 Å². The van der Waals surface area contributed by atoms with Gasteiger partial charge in [0.1, 0.15) is 11.4 Å². The van der Waals surface area contributed by atoms with Crippen LogP contribution in [0, 0.1) is 5.82 Å². The Hall–Kier alpha value is -1.49. The summed E-state index contributed by atoms with van der Waals surface area (Å²) in [6.45, 7) is 6.69. The number of benzene rings is 1. The number of amides is 1. The molecule has 0 aliphatic carbocycles. The molecule has 128 valence electrons. The van der Waals surface area contributed by atoms with Crippen LogP contribution < -0.4 is 5.32 Å². The molecule has 0 bridgehead atoms. The lowest BCUT2D eigenvalue weighted by Gasteiger charge is -2.37. The summed E-state index contributed by atoms with van der Waals surface area (Å²) in [7, 11) is 0. The van der Waals surface area contributed by atoms with Crippen LogP contribution >= 0.6 is 11.6 Å². The third kappa shape index (κ3) is 5.27. The molecule has 1 aliphatic heterocycles. The fraction of sp³-hybridized carbons (Fsp3) is 0.588. The number of carbonyl (C=O) groups excluding carboxylic acids is 1. The second-order valence-electron chi connectivity index (χ2n) is 6.83. The molecule has 6 heteroatoms. The van der Waals surface area contributed by atoms with E-state index in [1.54, 1.807) is 11.0 Å². The van der Waals surface area contributed by atoms with Crippen LogP contribution in [0.2, 0.25) is 5.02 Å². The minimum atomic E-state index is -0.522. The van der Waals surface area contributed by atoms with E-state index in [1.807, 2.05) is 20.8 Å². The Balaban J connectivity index is 2.01. The Morgan fingerprint density at radius 1 is 1.43 bits per heavy atom. The maximum Gasteiger partial charge on any atom is 0.410 e. The molecule has 1 aliphatic rings. The van der Waals surface area contributed by atoms with Gasteiger partial charge < -0.3 is 15.0 Å². The summed E-state index contributed by atoms with van der Waals surface area (Å²) in [6, 6.07) is 4.38. The molecule has 1 heterocycles. The van der Waals surface area contributed by atoms with Crippen LogP contribution in [0.15, 0.2) is 18.2 Å². The predicted molar refractivity (Wildman–Crippen MR) is 90.5 cm³/mol. The van der Waals surface area contributed by atoms with Crippen molar-refractivity contribution in [2.45, 2.75) is 51.7 Å². The smallest absolute Gasteiger partial charge is 0.410 e. The number of ether oxygens (including phenoxy) is 1. The molecule has 23 heavy (non-hydrogen) atoms. The second-order valence-corrected chi connectivity index (χ2v) is 7.26. The lowest BCUT2D eigenvalue weighted by Crippen LogP contribution is -2.48. The number of hydrogen-bond acceptors (Lipinski definition) is 3. The predicted octanol–water partition coefficient (Wildman–Crippen LogP) is 4.68. The number of anilines is 1. The van der Waals surface area contributed by atoms with Crippen molar-refractivity contribution in [3.05, 3.63) is 29.0 Å². The fourth-order valence-electron chi connectivity index (χ4n) is 2.63. The SMILES string of the molecule is CC(C)(C)OC(=O)N1CCCCC1CNc1cc(Cl)ccc1F. The average molecular weight is 343 g/mol. The Kier molecular flexibility index (Phi) is 5.74. The zero-order chi connectivity index (χ0) is 17.0. The van der Waals surface area contributed by atoms with Crippen LogP contribution in [0.4, 0.5) is 14.9 Å². The van der Waals surface area contributed by atoms with Gasteiger partial charge in [0.15, 0.2) is 0 Å². The lowest BCUT2D eigenvalue weighted by atomic mass is 10.0. The fourth-order valence-corrected chi connectivity index (χ4v) is 2.81. The van der Waals surface area contributed by atoms with Crippen molar-refractivity contribution in [2.24, 2.45) is 0 Å². The summed E-state index contributed by atoms with van der Waals surface area (Å²) >= 11 is 5.90. The summed E-state index contributed by atoms with van der Waals surface area (Å²) in [6.07, 6.45) is 2.56. The molecule has 1 amide bonds. The molecule has 1 N–H and O–H groups in total. The van der Waals surface area contributed by atoms with Crippen LogP contribution in [0.25, 0.3) is 0 Å². The van der Waals surface area contributed by atoms with E-state index in [9.17, 15) is 9.18 Å². The summed E-state index contributed by atoms with van der Waals surface area (Å²) in [5.74, 6) is -0.353. The van der Waals surface area contributed by atoms with Gasteiger partial charge in [0.25, 0.3) is 0 Å². The topological polar surface area (TPSA) is 41.6 Å². The highest BCUT2D eigenvalue weighted by atomic mass is 35.5. The van der Waals surface area contributed by atoms with Crippen molar-refractivity contribution in [3.63, 3.8) is 0 Å². The molecule has 0 aromatic heterocycles. The minimum Gasteiger partial charge on any atom is -0.444 e. The molecular weight excluding hydrogens is 319 g/mol. The van der Waals surface area contributed by atoms with E-state index in [0.29, 0.717) is 23.8 Å². The van der Waals surface area contributed by atoms with Gasteiger partial charge in [0, 0.05) is 18.1 Å². The molecular formula is C17H24ClFN2O2. The summed E-state index contributed by atoms with van der Waals surface area (Å²) in [4.78, 5) is 14.1. The highest BCUT2D eigenvalue weighted by molar-refractivity contribution is 6.30. The van der Waals surface area contributed by atoms with Gasteiger partial charge in [-0.3, -0.25) is 0 Å². The number of rotatable bonds is 3. The maximum absolute atomic E-state index is 13.8. The number of carbonyl (C=O) groups is 1. The van der Waals surface area contributed by atoms with E-state index in [4.69, 9.17) is 16.3 Å². The Morgan fingerprint density at radius 2 is 2.17 bits per heavy atom. The van der Waals surface area contributed by atoms with E-state index in [1.165, 1.54) is 12.1 Å². The van der Waals surface area contributed by atoms with E-state index >= 15 is 0 Å². The second kappa shape index (κ2) is 7.39. The van der Waals surface area contributed by atoms with E-state index < -0.39 is 5.60 Å². The summed E-state index contributed by atoms with van der Waals surface area (Å²) in [5.41, 5.74) is -0.168. The molecule has 1 fully saturated rings. The highest BCUT2D eigenvalue weighted by Crippen LogP contribution is 2.23. The van der Waals surface area contributed by atoms with Crippen molar-refractivity contribution in [1.82, 2.24) is 4.90 Å². The Morgan fingerprint density at radius 3 is 2.87 bits per heavy atom. The van der Waals surface area contributed by atoms with Crippen LogP contribution in [0.3, 0.4) is 0 Å². The normalized spacial score (nSPS) is 18.7. The first-order chi connectivity index (χ1) is 10.8. The van der Waals surface area contributed by atoms with Gasteiger partial charge in [-0.2, -0.15) is 0 Å². The molecule has 0 saturated carbocycles. The molecule has 4 nitrogen and oxygen atoms in total. The molecule has 0 radical (unpaired) electrons. The van der Waals surface area contributed by atoms with Gasteiger partial charge in [-0.05, 0) is 58.2 Å². The molecule has 1 aromatic rings. The van der Waals surface area contributed by atoms with Gasteiger partial charge in [-0.25, -0.2) is 9.18 Å². The van der Waals surface area contributed by atoms with Crippen molar-refractivity contribution in [2.75, 3.05) is 18.4 Å². The zero-order valence-corrected chi connectivity index (χ0v) is 14.6. The Bertz CT molecular complexity index is 560. The largest absolute Gasteiger partial charge is 0.444 e. The van der Waals surface area contributed by atoms with Crippen molar-refractivity contribution >= 4 is 23.4 Å². The van der Waals surface area contributed by atoms with Crippen molar-refractivity contribution in [3.8, 4) is 0 Å². The monoisotopic (exact) mass is 342 g/mol. The molecule has 1 aromatic carbocycles. The first kappa shape index (κ1) is 17.9. The average Bonchev–Trinajstić information content (AvgIpc) is 2.47. The van der Waals surface area contributed by atoms with Crippen LogP contribution in [0.1, 0.15) is 40.0 Å². The summed E-state index contributed by atoms with van der Waals surface area (Å²) < 4.78 is 19.2. The molecule has 1 saturated heterocycles. The van der Waals surface area contributed by atoms with Crippen LogP contribution in [-0.2, 0) is 4.74 Å². The third-order valence-corrected chi connectivity index (χ3v) is 3.95. The van der Waals surface area contributed by atoms with Crippen molar-refractivity contribution < 1.29 is 13.9 Å². The van der Waals surface area contributed by atoms with Gasteiger partial charge in [-0.1, -0.05) is 11.6 Å². The number of likely N-dealkylation sites (tertiary alicyclic amines) is 1. The molecule has 2 rings (SSSR count). The Labute approximate surface area is 141 Å². The maximum atomic E-state index is 13.8. The van der Waals surface area contributed by atoms with E-state index in [2.05, 4.69) is 5.32 Å². The number of hydrogen-bond donors (Lipinski definition) is 1. The number of halogens is 2. The molecule has 1 atom stereocenters. The standard InChI is InChI=1S/C17H24ClFN2O2/c1-17(2,3)23-16(22)21-9-5-4-6-13(21)11-20-15-10-12(18)7-8-14(15)19/h7-8,10,13,20H,4-6,9,11H2,1-3H3. The lowest BCUT2D eigenvalue weighted by molar-refractivity contribution is 0.0114. The third-order valence-electron chi connectivity index (χ3n) is 3.71. The minimum absolute atomic E-state index is 0.0167. The van der Waals surface area contributed by atoms with Crippen LogP contribution in [0.5, 0.6) is 0 Å². The first-order valence-corrected chi connectivity index (χ1v) is 8.32. The number of nitrogens with one attached hydrogen (secondary N) is 1. The summed E-state index contributed by atoms with van der Waals surface area (Å²) in [5, 5.41) is 3.54. The number of nitrogens with zero attached hydrogens (tertiary/aromatic N) is 1. The van der Waals surface area contributed by atoms with Crippen molar-refractivity contribution in [1.29, 1.82) is 0 Å². The zero-order valence-electron chi connectivity index (χ0n) is 13.9. The quantitative estimate of drug-likeness (QED) is 0.867. The van der Waals surface area contributed by atoms with E-state index in [0.717, 1.165) is 19.3 Å². The highest BCUT2D eigenvalue weighted by Gasteiger charge is 2.30. The number of piperidine rings is 1. The van der Waals surface area contributed by atoms with Gasteiger partial charge in [-0.15, -0.1) is 0 Å². The molecule has 0 spiro atoms. The van der Waals surface area contributed by atoms with Crippen LogP contribution in [-0.4, -0.2) is 35.7 Å². The first-order valence-electron chi connectivity index (χ1n) is 7.95. The van der Waals surface area contributed by atoms with Gasteiger partial charge in [0.05, 0.1) is 11.7 Å². The molecule has 1 unspecified atom stereocenters. The van der Waals surface area contributed by atoms with E-state index in [-0.39, 0.29) is 18.0 Å². The van der Waals surface area contributed by atoms with Gasteiger partial charge >= 0.3 is 6.09 Å².